The van der Waals surface area contributed by atoms with Crippen molar-refractivity contribution in [2.75, 3.05) is 13.3 Å². The first-order chi connectivity index (χ1) is 12.4. The topological polar surface area (TPSA) is 136 Å². The minimum atomic E-state index is -1.20. The molecular weight excluding hydrogens is 382 g/mol. The van der Waals surface area contributed by atoms with Gasteiger partial charge in [0, 0.05) is 16.7 Å². The van der Waals surface area contributed by atoms with E-state index in [0.717, 1.165) is 4.88 Å². The Labute approximate surface area is 158 Å². The number of ether oxygens (including phenoxy) is 1. The van der Waals surface area contributed by atoms with Gasteiger partial charge in [-0.05, 0) is 6.07 Å². The van der Waals surface area contributed by atoms with Gasteiger partial charge in [0.05, 0.1) is 11.6 Å². The lowest BCUT2D eigenvalue weighted by atomic mass is 9.98. The Morgan fingerprint density at radius 3 is 2.88 bits per heavy atom. The van der Waals surface area contributed by atoms with E-state index in [1.165, 1.54) is 17.7 Å². The number of thiophene rings is 1. The highest BCUT2D eigenvalue weighted by molar-refractivity contribution is 7.10. The molecule has 4 rings (SSSR count). The van der Waals surface area contributed by atoms with Crippen LogP contribution < -0.4 is 5.73 Å². The molecule has 1 saturated heterocycles. The highest BCUT2D eigenvalue weighted by atomic mass is 35.5. The predicted molar refractivity (Wildman–Crippen MR) is 97.8 cm³/mol. The number of rotatable bonds is 4. The second-order valence-corrected chi connectivity index (χ2v) is 7.81. The van der Waals surface area contributed by atoms with E-state index in [-0.39, 0.29) is 6.67 Å². The fourth-order valence-electron chi connectivity index (χ4n) is 3.31. The number of hydrogen-bond donors (Lipinski definition) is 4. The molecule has 0 saturated carbocycles. The minimum Gasteiger partial charge on any atom is -0.394 e. The summed E-state index contributed by atoms with van der Waals surface area (Å²) in [5, 5.41) is 32.0. The van der Waals surface area contributed by atoms with E-state index in [9.17, 15) is 15.3 Å². The Kier molecular flexibility index (Phi) is 4.59. The molecule has 9 nitrogen and oxygen atoms in total. The van der Waals surface area contributed by atoms with Gasteiger partial charge in [0.25, 0.3) is 0 Å². The Bertz CT molecular complexity index is 799. The van der Waals surface area contributed by atoms with Gasteiger partial charge in [-0.2, -0.15) is 0 Å². The standard InChI is InChI=1S/C15H18ClN5O4S/c16-7-1-8(26-4-7)2-15(17)12-13(18-5-20-15)21(6-19-12)14-11(24)10(23)9(3-22)25-14/h1,4-5,9-11,14,22-24H,2-3,6,17H2/t9-,10-,11-,14-,15?/m1/s1. The molecule has 140 valence electrons. The summed E-state index contributed by atoms with van der Waals surface area (Å²) >= 11 is 7.47. The van der Waals surface area contributed by atoms with E-state index in [1.54, 1.807) is 4.90 Å². The van der Waals surface area contributed by atoms with E-state index in [1.807, 2.05) is 11.4 Å². The van der Waals surface area contributed by atoms with Crippen LogP contribution in [0.2, 0.25) is 5.02 Å². The number of halogens is 1. The minimum absolute atomic E-state index is 0.161. The molecule has 0 aromatic carbocycles. The summed E-state index contributed by atoms with van der Waals surface area (Å²) in [5.74, 6) is 0.444. The van der Waals surface area contributed by atoms with Crippen molar-refractivity contribution in [3.05, 3.63) is 21.3 Å². The summed E-state index contributed by atoms with van der Waals surface area (Å²) in [6.07, 6.45) is -2.37. The van der Waals surface area contributed by atoms with Gasteiger partial charge in [-0.3, -0.25) is 4.99 Å². The SMILES string of the molecule is NC1(Cc2cc(Cl)cs2)N=CN=C2C1=NCN2[C@@H]1O[C@H](CO)[C@@H](O)[C@H]1O. The lowest BCUT2D eigenvalue weighted by Crippen LogP contribution is -2.56. The average molecular weight is 400 g/mol. The molecule has 5 atom stereocenters. The number of amidine groups is 1. The van der Waals surface area contributed by atoms with Crippen LogP contribution in [0.3, 0.4) is 0 Å². The number of fused-ring (bicyclic) bond motifs is 1. The molecule has 1 aromatic rings. The molecule has 0 bridgehead atoms. The first-order valence-corrected chi connectivity index (χ1v) is 9.26. The molecule has 0 radical (unpaired) electrons. The van der Waals surface area contributed by atoms with Crippen molar-refractivity contribution in [3.8, 4) is 0 Å². The third-order valence-electron chi connectivity index (χ3n) is 4.63. The number of nitrogens with zero attached hydrogens (tertiary/aromatic N) is 4. The normalized spacial score (nSPS) is 36.3. The van der Waals surface area contributed by atoms with Crippen LogP contribution in [0, 0.1) is 0 Å². The second-order valence-electron chi connectivity index (χ2n) is 6.38. The van der Waals surface area contributed by atoms with Gasteiger partial charge < -0.3 is 30.7 Å². The van der Waals surface area contributed by atoms with Gasteiger partial charge >= 0.3 is 0 Å². The summed E-state index contributed by atoms with van der Waals surface area (Å²) in [4.78, 5) is 15.6. The zero-order valence-corrected chi connectivity index (χ0v) is 15.1. The Balaban J connectivity index is 1.57. The molecule has 0 amide bonds. The molecule has 1 unspecified atom stereocenters. The van der Waals surface area contributed by atoms with Crippen molar-refractivity contribution in [3.63, 3.8) is 0 Å². The lowest BCUT2D eigenvalue weighted by Gasteiger charge is -2.32. The van der Waals surface area contributed by atoms with E-state index in [0.29, 0.717) is 23.0 Å². The van der Waals surface area contributed by atoms with Gasteiger partial charge in [-0.15, -0.1) is 11.3 Å². The summed E-state index contributed by atoms with van der Waals surface area (Å²) in [6, 6.07) is 1.83. The molecule has 1 fully saturated rings. The third-order valence-corrected chi connectivity index (χ3v) is 5.92. The van der Waals surface area contributed by atoms with Crippen molar-refractivity contribution in [1.82, 2.24) is 4.90 Å². The quantitative estimate of drug-likeness (QED) is 0.523. The molecular formula is C15H18ClN5O4S. The smallest absolute Gasteiger partial charge is 0.162 e. The number of aliphatic hydroxyl groups is 3. The molecule has 3 aliphatic rings. The summed E-state index contributed by atoms with van der Waals surface area (Å²) in [5.41, 5.74) is 5.89. The largest absolute Gasteiger partial charge is 0.394 e. The Morgan fingerprint density at radius 2 is 2.23 bits per heavy atom. The maximum absolute atomic E-state index is 10.3. The first-order valence-electron chi connectivity index (χ1n) is 8.00. The molecule has 4 heterocycles. The lowest BCUT2D eigenvalue weighted by molar-refractivity contribution is -0.0688. The van der Waals surface area contributed by atoms with Gasteiger partial charge in [0.1, 0.15) is 37.0 Å². The number of nitrogens with two attached hydrogens (primary N) is 1. The van der Waals surface area contributed by atoms with E-state index < -0.39 is 36.8 Å². The maximum Gasteiger partial charge on any atom is 0.162 e. The Morgan fingerprint density at radius 1 is 1.42 bits per heavy atom. The number of aliphatic imine (C=N–C) groups is 3. The highest BCUT2D eigenvalue weighted by Crippen LogP contribution is 2.31. The zero-order chi connectivity index (χ0) is 18.5. The van der Waals surface area contributed by atoms with Crippen LogP contribution in [0.15, 0.2) is 26.4 Å². The predicted octanol–water partition coefficient (Wildman–Crippen LogP) is -0.808. The van der Waals surface area contributed by atoms with Crippen molar-refractivity contribution < 1.29 is 20.1 Å². The van der Waals surface area contributed by atoms with Crippen LogP contribution in [0.4, 0.5) is 0 Å². The maximum atomic E-state index is 10.3. The fourth-order valence-corrected chi connectivity index (χ4v) is 4.47. The van der Waals surface area contributed by atoms with Crippen LogP contribution in [-0.2, 0) is 11.2 Å². The molecule has 5 N–H and O–H groups in total. The second kappa shape index (κ2) is 6.64. The van der Waals surface area contributed by atoms with Crippen molar-refractivity contribution >= 4 is 40.8 Å². The van der Waals surface area contributed by atoms with Crippen LogP contribution in [0.25, 0.3) is 0 Å². The summed E-state index contributed by atoms with van der Waals surface area (Å²) in [7, 11) is 0. The number of aliphatic hydroxyl groups excluding tert-OH is 3. The monoisotopic (exact) mass is 399 g/mol. The van der Waals surface area contributed by atoms with Crippen LogP contribution in [-0.4, -0.2) is 81.6 Å². The fraction of sp³-hybridized carbons (Fsp3) is 0.533. The van der Waals surface area contributed by atoms with Crippen molar-refractivity contribution in [2.45, 2.75) is 36.6 Å². The third kappa shape index (κ3) is 2.87. The van der Waals surface area contributed by atoms with Gasteiger partial charge in [-0.1, -0.05) is 11.6 Å². The highest BCUT2D eigenvalue weighted by Gasteiger charge is 2.50. The zero-order valence-electron chi connectivity index (χ0n) is 13.6. The van der Waals surface area contributed by atoms with Crippen LogP contribution >= 0.6 is 22.9 Å². The average Bonchev–Trinajstić information content (AvgIpc) is 3.28. The first kappa shape index (κ1) is 18.0. The molecule has 11 heteroatoms. The molecule has 1 aromatic heterocycles. The Hall–Kier alpha value is -1.40. The van der Waals surface area contributed by atoms with Gasteiger partial charge in [0.15, 0.2) is 17.7 Å². The molecule has 3 aliphatic heterocycles. The molecule has 0 spiro atoms. The van der Waals surface area contributed by atoms with Gasteiger partial charge in [-0.25, -0.2) is 9.98 Å². The summed E-state index contributed by atoms with van der Waals surface area (Å²) < 4.78 is 5.58. The van der Waals surface area contributed by atoms with Crippen molar-refractivity contribution in [1.29, 1.82) is 0 Å². The van der Waals surface area contributed by atoms with Crippen LogP contribution in [0.5, 0.6) is 0 Å². The van der Waals surface area contributed by atoms with E-state index >= 15 is 0 Å². The van der Waals surface area contributed by atoms with Gasteiger partial charge in [0.2, 0.25) is 0 Å². The van der Waals surface area contributed by atoms with E-state index in [4.69, 9.17) is 22.1 Å². The van der Waals surface area contributed by atoms with Crippen LogP contribution in [0.1, 0.15) is 4.88 Å². The molecule has 0 aliphatic carbocycles. The molecule has 26 heavy (non-hydrogen) atoms. The summed E-state index contributed by atoms with van der Waals surface area (Å²) in [6.45, 7) is -0.238. The van der Waals surface area contributed by atoms with E-state index in [2.05, 4.69) is 15.0 Å². The number of hydrogen-bond acceptors (Lipinski definition) is 10. The van der Waals surface area contributed by atoms with Crippen molar-refractivity contribution in [2.24, 2.45) is 20.7 Å².